The highest BCUT2D eigenvalue weighted by Crippen LogP contribution is 2.42. The zero-order valence-corrected chi connectivity index (χ0v) is 7.37. The summed E-state index contributed by atoms with van der Waals surface area (Å²) in [7, 11) is 0. The summed E-state index contributed by atoms with van der Waals surface area (Å²) < 4.78 is 16.4. The van der Waals surface area contributed by atoms with Crippen LogP contribution in [0.1, 0.15) is 20.3 Å². The van der Waals surface area contributed by atoms with Crippen molar-refractivity contribution >= 4 is 0 Å². The molecule has 1 N–H and O–H groups in total. The highest BCUT2D eigenvalue weighted by Gasteiger charge is 2.57. The van der Waals surface area contributed by atoms with Gasteiger partial charge >= 0.3 is 0 Å². The Labute approximate surface area is 71.4 Å². The average molecular weight is 174 g/mol. The SMILES string of the molecule is CC1(C)O[C@H]2CCO[C@@]2(CO)O1. The van der Waals surface area contributed by atoms with Crippen LogP contribution in [0, 0.1) is 0 Å². The Hall–Kier alpha value is -0.160. The second kappa shape index (κ2) is 2.42. The number of rotatable bonds is 1. The predicted molar refractivity (Wildman–Crippen MR) is 40.4 cm³/mol. The molecule has 2 saturated heterocycles. The lowest BCUT2D eigenvalue weighted by Gasteiger charge is -2.24. The highest BCUT2D eigenvalue weighted by molar-refractivity contribution is 4.92. The van der Waals surface area contributed by atoms with Crippen LogP contribution in [0.5, 0.6) is 0 Å². The molecule has 2 aliphatic heterocycles. The van der Waals surface area contributed by atoms with Crippen molar-refractivity contribution in [2.75, 3.05) is 13.2 Å². The second-order valence-corrected chi connectivity index (χ2v) is 3.72. The van der Waals surface area contributed by atoms with Gasteiger partial charge in [-0.2, -0.15) is 0 Å². The fraction of sp³-hybridized carbons (Fsp3) is 1.00. The summed E-state index contributed by atoms with van der Waals surface area (Å²) in [5.41, 5.74) is 0. The minimum Gasteiger partial charge on any atom is -0.391 e. The zero-order valence-electron chi connectivity index (χ0n) is 7.37. The standard InChI is InChI=1S/C8H14O4/c1-7(2)11-6-3-4-10-8(6,5-9)12-7/h6,9H,3-5H2,1-2H3/t6-,8-/m0/s1. The van der Waals surface area contributed by atoms with E-state index in [2.05, 4.69) is 0 Å². The number of ether oxygens (including phenoxy) is 3. The molecule has 12 heavy (non-hydrogen) atoms. The van der Waals surface area contributed by atoms with Crippen molar-refractivity contribution < 1.29 is 19.3 Å². The summed E-state index contributed by atoms with van der Waals surface area (Å²) in [4.78, 5) is 0. The predicted octanol–water partition coefficient (Wildman–Crippen LogP) is 0.247. The first kappa shape index (κ1) is 8.44. The van der Waals surface area contributed by atoms with Crippen LogP contribution in [-0.2, 0) is 14.2 Å². The summed E-state index contributed by atoms with van der Waals surface area (Å²) in [6.07, 6.45) is 0.682. The normalized spacial score (nSPS) is 44.8. The molecule has 2 rings (SSSR count). The van der Waals surface area contributed by atoms with Crippen molar-refractivity contribution in [3.05, 3.63) is 0 Å². The van der Waals surface area contributed by atoms with Crippen LogP contribution >= 0.6 is 0 Å². The largest absolute Gasteiger partial charge is 0.391 e. The quantitative estimate of drug-likeness (QED) is 0.619. The number of hydrogen-bond donors (Lipinski definition) is 1. The van der Waals surface area contributed by atoms with Gasteiger partial charge in [0.1, 0.15) is 12.7 Å². The minimum absolute atomic E-state index is 0.113. The van der Waals surface area contributed by atoms with E-state index in [1.807, 2.05) is 13.8 Å². The Balaban J connectivity index is 2.20. The topological polar surface area (TPSA) is 47.9 Å². The third-order valence-electron chi connectivity index (χ3n) is 2.28. The molecule has 2 atom stereocenters. The molecule has 0 bridgehead atoms. The van der Waals surface area contributed by atoms with Gasteiger partial charge in [-0.1, -0.05) is 0 Å². The minimum atomic E-state index is -0.885. The van der Waals surface area contributed by atoms with E-state index in [0.29, 0.717) is 6.61 Å². The fourth-order valence-electron chi connectivity index (χ4n) is 1.86. The van der Waals surface area contributed by atoms with Gasteiger partial charge in [-0.15, -0.1) is 0 Å². The van der Waals surface area contributed by atoms with Crippen molar-refractivity contribution in [1.29, 1.82) is 0 Å². The lowest BCUT2D eigenvalue weighted by Crippen LogP contribution is -2.41. The molecule has 0 aromatic rings. The van der Waals surface area contributed by atoms with Crippen LogP contribution < -0.4 is 0 Å². The molecule has 2 aliphatic rings. The molecule has 70 valence electrons. The molecule has 4 heteroatoms. The molecule has 0 radical (unpaired) electrons. The van der Waals surface area contributed by atoms with Crippen LogP contribution in [0.15, 0.2) is 0 Å². The molecule has 0 aliphatic carbocycles. The molecule has 0 aromatic heterocycles. The smallest absolute Gasteiger partial charge is 0.221 e. The van der Waals surface area contributed by atoms with E-state index in [-0.39, 0.29) is 12.7 Å². The number of fused-ring (bicyclic) bond motifs is 1. The van der Waals surface area contributed by atoms with Gasteiger partial charge in [-0.3, -0.25) is 0 Å². The van der Waals surface area contributed by atoms with Crippen molar-refractivity contribution in [2.45, 2.75) is 37.9 Å². The Bertz CT molecular complexity index is 191. The van der Waals surface area contributed by atoms with Crippen molar-refractivity contribution in [2.24, 2.45) is 0 Å². The molecular formula is C8H14O4. The lowest BCUT2D eigenvalue weighted by atomic mass is 10.1. The summed E-state index contributed by atoms with van der Waals surface area (Å²) >= 11 is 0. The Kier molecular flexibility index (Phi) is 1.70. The first-order chi connectivity index (χ1) is 5.58. The van der Waals surface area contributed by atoms with Gasteiger partial charge < -0.3 is 19.3 Å². The van der Waals surface area contributed by atoms with Gasteiger partial charge in [0.2, 0.25) is 5.79 Å². The van der Waals surface area contributed by atoms with E-state index < -0.39 is 11.6 Å². The maximum absolute atomic E-state index is 9.13. The number of aliphatic hydroxyl groups is 1. The van der Waals surface area contributed by atoms with Crippen LogP contribution in [-0.4, -0.2) is 36.0 Å². The van der Waals surface area contributed by atoms with Gasteiger partial charge in [0.15, 0.2) is 5.79 Å². The van der Waals surface area contributed by atoms with Crippen LogP contribution in [0.3, 0.4) is 0 Å². The van der Waals surface area contributed by atoms with Crippen molar-refractivity contribution in [3.8, 4) is 0 Å². The Morgan fingerprint density at radius 3 is 2.83 bits per heavy atom. The Morgan fingerprint density at radius 2 is 2.25 bits per heavy atom. The monoisotopic (exact) mass is 174 g/mol. The third kappa shape index (κ3) is 1.07. The van der Waals surface area contributed by atoms with Gasteiger partial charge in [0.05, 0.1) is 6.61 Å². The molecule has 0 spiro atoms. The summed E-state index contributed by atoms with van der Waals surface area (Å²) in [6.45, 7) is 4.11. The highest BCUT2D eigenvalue weighted by atomic mass is 16.8. The first-order valence-electron chi connectivity index (χ1n) is 4.21. The molecule has 2 fully saturated rings. The third-order valence-corrected chi connectivity index (χ3v) is 2.28. The van der Waals surface area contributed by atoms with Crippen molar-refractivity contribution in [1.82, 2.24) is 0 Å². The molecule has 4 nitrogen and oxygen atoms in total. The van der Waals surface area contributed by atoms with E-state index in [9.17, 15) is 0 Å². The maximum atomic E-state index is 9.13. The molecule has 0 unspecified atom stereocenters. The molecule has 0 aromatic carbocycles. The second-order valence-electron chi connectivity index (χ2n) is 3.72. The molecule has 0 amide bonds. The van der Waals surface area contributed by atoms with E-state index in [0.717, 1.165) is 6.42 Å². The van der Waals surface area contributed by atoms with E-state index in [1.165, 1.54) is 0 Å². The maximum Gasteiger partial charge on any atom is 0.221 e. The van der Waals surface area contributed by atoms with Crippen molar-refractivity contribution in [3.63, 3.8) is 0 Å². The fourth-order valence-corrected chi connectivity index (χ4v) is 1.86. The first-order valence-corrected chi connectivity index (χ1v) is 4.21. The zero-order chi connectivity index (χ0) is 8.82. The van der Waals surface area contributed by atoms with Crippen LogP contribution in [0.25, 0.3) is 0 Å². The summed E-state index contributed by atoms with van der Waals surface area (Å²) in [5, 5.41) is 9.13. The molecular weight excluding hydrogens is 160 g/mol. The molecule has 2 heterocycles. The van der Waals surface area contributed by atoms with Gasteiger partial charge in [0.25, 0.3) is 0 Å². The van der Waals surface area contributed by atoms with E-state index >= 15 is 0 Å². The van der Waals surface area contributed by atoms with Crippen LogP contribution in [0.4, 0.5) is 0 Å². The average Bonchev–Trinajstić information content (AvgIpc) is 2.40. The Morgan fingerprint density at radius 1 is 1.50 bits per heavy atom. The van der Waals surface area contributed by atoms with E-state index in [4.69, 9.17) is 19.3 Å². The summed E-state index contributed by atoms with van der Waals surface area (Å²) in [5.74, 6) is -1.52. The van der Waals surface area contributed by atoms with Gasteiger partial charge in [0, 0.05) is 6.42 Å². The summed E-state index contributed by atoms with van der Waals surface area (Å²) in [6, 6.07) is 0. The lowest BCUT2D eigenvalue weighted by molar-refractivity contribution is -0.257. The number of aliphatic hydroxyl groups excluding tert-OH is 1. The number of hydrogen-bond acceptors (Lipinski definition) is 4. The van der Waals surface area contributed by atoms with Gasteiger partial charge in [-0.25, -0.2) is 0 Å². The van der Waals surface area contributed by atoms with E-state index in [1.54, 1.807) is 0 Å². The van der Waals surface area contributed by atoms with Gasteiger partial charge in [-0.05, 0) is 13.8 Å². The van der Waals surface area contributed by atoms with Crippen LogP contribution in [0.2, 0.25) is 0 Å². The molecule has 0 saturated carbocycles.